The van der Waals surface area contributed by atoms with Crippen molar-refractivity contribution < 1.29 is 6.85 Å². The average Bonchev–Trinajstić information content (AvgIpc) is 3.79. The lowest BCUT2D eigenvalue weighted by Gasteiger charge is -2.30. The van der Waals surface area contributed by atoms with E-state index in [1.165, 1.54) is 50.1 Å². The maximum Gasteiger partial charge on any atom is 0.0725 e. The van der Waals surface area contributed by atoms with Gasteiger partial charge in [-0.25, -0.2) is 0 Å². The zero-order valence-electron chi connectivity index (χ0n) is 35.4. The Hall–Kier alpha value is -7.22. The van der Waals surface area contributed by atoms with Crippen LogP contribution in [-0.2, 0) is 5.41 Å². The molecule has 0 N–H and O–H groups in total. The van der Waals surface area contributed by atoms with Crippen LogP contribution in [0.4, 0.5) is 17.1 Å². The highest BCUT2D eigenvalue weighted by Gasteiger charge is 2.51. The molecule has 2 aliphatic carbocycles. The van der Waals surface area contributed by atoms with Gasteiger partial charge in [-0.2, -0.15) is 0 Å². The summed E-state index contributed by atoms with van der Waals surface area (Å²) in [5, 5.41) is 0. The molecule has 0 aliphatic heterocycles. The van der Waals surface area contributed by atoms with E-state index in [1.54, 1.807) is 0 Å². The van der Waals surface area contributed by atoms with Gasteiger partial charge in [0.2, 0.25) is 0 Å². The monoisotopic (exact) mass is 716 g/mol. The van der Waals surface area contributed by atoms with Crippen molar-refractivity contribution in [2.24, 2.45) is 0 Å². The van der Waals surface area contributed by atoms with Gasteiger partial charge in [-0.05, 0) is 120 Å². The molecule has 56 heavy (non-hydrogen) atoms. The van der Waals surface area contributed by atoms with Crippen molar-refractivity contribution >= 4 is 17.1 Å². The number of benzene rings is 9. The van der Waals surface area contributed by atoms with Gasteiger partial charge in [0, 0.05) is 17.1 Å². The minimum atomic E-state index is -0.397. The Balaban J connectivity index is 0.922. The highest BCUT2D eigenvalue weighted by Crippen LogP contribution is 2.63. The van der Waals surface area contributed by atoms with Gasteiger partial charge in [0.15, 0.2) is 0 Å². The van der Waals surface area contributed by atoms with Crippen LogP contribution in [0.5, 0.6) is 0 Å². The fourth-order valence-corrected chi connectivity index (χ4v) is 9.13. The van der Waals surface area contributed by atoms with Gasteiger partial charge in [-0.3, -0.25) is 0 Å². The predicted molar refractivity (Wildman–Crippen MR) is 234 cm³/mol. The minimum absolute atomic E-state index is 0.190. The van der Waals surface area contributed by atoms with Gasteiger partial charge in [0.25, 0.3) is 0 Å². The molecule has 0 radical (unpaired) electrons. The first-order valence-electron chi connectivity index (χ1n) is 21.5. The number of nitrogens with zero attached hydrogens (tertiary/aromatic N) is 1. The smallest absolute Gasteiger partial charge is 0.0725 e. The third-order valence-electron chi connectivity index (χ3n) is 11.6. The first-order chi connectivity index (χ1) is 29.8. The summed E-state index contributed by atoms with van der Waals surface area (Å²) in [7, 11) is 0. The number of anilines is 3. The molecular weight excluding hydrogens is 675 g/mol. The summed E-state index contributed by atoms with van der Waals surface area (Å²) in [5.74, 6) is 0. The summed E-state index contributed by atoms with van der Waals surface area (Å²) in [4.78, 5) is 2.15. The van der Waals surface area contributed by atoms with Crippen LogP contribution in [0.25, 0.3) is 55.6 Å². The largest absolute Gasteiger partial charge is 0.311 e. The van der Waals surface area contributed by atoms with Crippen LogP contribution in [-0.4, -0.2) is 0 Å². The highest BCUT2D eigenvalue weighted by atomic mass is 15.1. The van der Waals surface area contributed by atoms with Crippen LogP contribution in [0.1, 0.15) is 29.1 Å². The Morgan fingerprint density at radius 3 is 1.20 bits per heavy atom. The maximum absolute atomic E-state index is 8.47. The van der Waals surface area contributed by atoms with E-state index in [9.17, 15) is 0 Å². The summed E-state index contributed by atoms with van der Waals surface area (Å²) < 4.78 is 41.2. The lowest BCUT2D eigenvalue weighted by molar-refractivity contribution is 0.794. The van der Waals surface area contributed by atoms with Crippen LogP contribution in [0, 0.1) is 0 Å². The molecule has 0 atom stereocenters. The topological polar surface area (TPSA) is 3.24 Å². The first kappa shape index (κ1) is 27.4. The van der Waals surface area contributed by atoms with Crippen molar-refractivity contribution in [1.82, 2.24) is 0 Å². The van der Waals surface area contributed by atoms with Crippen LogP contribution >= 0.6 is 0 Å². The van der Waals surface area contributed by atoms with E-state index >= 15 is 0 Å². The van der Waals surface area contributed by atoms with Gasteiger partial charge in [0.05, 0.1) is 12.3 Å². The molecule has 11 rings (SSSR count). The molecular formula is C55H37N. The third-order valence-corrected chi connectivity index (χ3v) is 11.6. The summed E-state index contributed by atoms with van der Waals surface area (Å²) in [6.45, 7) is 0. The molecule has 9 aromatic rings. The van der Waals surface area contributed by atoms with E-state index in [1.807, 2.05) is 42.5 Å². The fraction of sp³-hybridized carbons (Fsp3) is 0.0182. The molecule has 0 saturated carbocycles. The molecule has 262 valence electrons. The molecule has 0 amide bonds. The average molecular weight is 717 g/mol. The van der Waals surface area contributed by atoms with Crippen molar-refractivity contribution in [1.29, 1.82) is 0 Å². The molecule has 0 saturated heterocycles. The van der Waals surface area contributed by atoms with Crippen LogP contribution in [0.15, 0.2) is 224 Å². The van der Waals surface area contributed by atoms with Crippen LogP contribution in [0.3, 0.4) is 0 Å². The van der Waals surface area contributed by atoms with Crippen molar-refractivity contribution in [2.75, 3.05) is 4.90 Å². The number of rotatable bonds is 6. The van der Waals surface area contributed by atoms with E-state index in [2.05, 4.69) is 157 Å². The van der Waals surface area contributed by atoms with Crippen LogP contribution < -0.4 is 4.90 Å². The zero-order chi connectivity index (χ0) is 41.4. The van der Waals surface area contributed by atoms with Gasteiger partial charge in [-0.15, -0.1) is 0 Å². The van der Waals surface area contributed by atoms with Crippen molar-refractivity contribution in [2.45, 2.75) is 5.41 Å². The Kier molecular flexibility index (Phi) is 6.34. The lowest BCUT2D eigenvalue weighted by atomic mass is 9.70. The quantitative estimate of drug-likeness (QED) is 0.166. The maximum atomic E-state index is 8.47. The Morgan fingerprint density at radius 1 is 0.304 bits per heavy atom. The van der Waals surface area contributed by atoms with Gasteiger partial charge >= 0.3 is 0 Å². The Bertz CT molecular complexity index is 3080. The molecule has 2 aliphatic rings. The molecule has 0 fully saturated rings. The second-order valence-electron chi connectivity index (χ2n) is 14.5. The van der Waals surface area contributed by atoms with E-state index in [4.69, 9.17) is 6.85 Å². The van der Waals surface area contributed by atoms with Crippen molar-refractivity contribution in [3.63, 3.8) is 0 Å². The first-order valence-corrected chi connectivity index (χ1v) is 19.0. The molecule has 1 nitrogen and oxygen atoms in total. The Morgan fingerprint density at radius 2 is 0.679 bits per heavy atom. The van der Waals surface area contributed by atoms with Gasteiger partial charge < -0.3 is 4.90 Å². The van der Waals surface area contributed by atoms with Gasteiger partial charge in [0.1, 0.15) is 0 Å². The molecule has 9 aromatic carbocycles. The highest BCUT2D eigenvalue weighted by molar-refractivity contribution is 5.96. The normalized spacial score (nSPS) is 14.0. The Labute approximate surface area is 335 Å². The van der Waals surface area contributed by atoms with E-state index in [-0.39, 0.29) is 35.1 Å². The minimum Gasteiger partial charge on any atom is -0.311 e. The summed E-state index contributed by atoms with van der Waals surface area (Å²) in [6.07, 6.45) is 0. The SMILES string of the molecule is [2H]c1c([2H])c([2H])c(-c2ccc(N(c3ccccc3)c3ccc(-c4ccc(-c5ccc6c(c5)C5(c7ccccc7-c7ccccc75)c5ccccc5-6)cc4)cc3)cc2)c([2H])c1[2H]. The number of hydrogen-bond acceptors (Lipinski definition) is 1. The number of para-hydroxylation sites is 1. The molecule has 1 heteroatoms. The van der Waals surface area contributed by atoms with E-state index in [0.29, 0.717) is 5.56 Å². The second kappa shape index (κ2) is 13.0. The van der Waals surface area contributed by atoms with E-state index < -0.39 is 6.04 Å². The zero-order valence-corrected chi connectivity index (χ0v) is 30.4. The van der Waals surface area contributed by atoms with E-state index in [0.717, 1.165) is 33.8 Å². The summed E-state index contributed by atoms with van der Waals surface area (Å²) >= 11 is 0. The van der Waals surface area contributed by atoms with Gasteiger partial charge in [-0.1, -0.05) is 182 Å². The second-order valence-corrected chi connectivity index (χ2v) is 14.5. The van der Waals surface area contributed by atoms with Crippen molar-refractivity contribution in [3.8, 4) is 55.6 Å². The fourth-order valence-electron chi connectivity index (χ4n) is 9.13. The molecule has 1 spiro atoms. The molecule has 0 heterocycles. The van der Waals surface area contributed by atoms with Crippen LogP contribution in [0.2, 0.25) is 0 Å². The summed E-state index contributed by atoms with van der Waals surface area (Å²) in [6, 6.07) is 67.2. The number of fused-ring (bicyclic) bond motifs is 10. The molecule has 0 unspecified atom stereocenters. The third kappa shape index (κ3) is 4.95. The lowest BCUT2D eigenvalue weighted by Crippen LogP contribution is -2.25. The molecule has 0 bridgehead atoms. The number of hydrogen-bond donors (Lipinski definition) is 0. The predicted octanol–water partition coefficient (Wildman–Crippen LogP) is 14.5. The standard InChI is InChI=1S/C55H37N/c1-3-13-38(14-4-1)40-27-32-45(33-28-40)56(44-15-5-2-6-16-44)46-34-29-41(30-35-46)39-23-25-42(26-24-39)43-31-36-50-49-19-9-12-22-53(49)55(54(50)37-43)51-20-10-7-17-47(51)48-18-8-11-21-52(48)55/h1-37H/i1D,3D,4D,13D,14D. The molecule has 0 aromatic heterocycles. The summed E-state index contributed by atoms with van der Waals surface area (Å²) in [5.41, 5.74) is 18.3. The van der Waals surface area contributed by atoms with Crippen molar-refractivity contribution in [3.05, 3.63) is 247 Å².